The van der Waals surface area contributed by atoms with E-state index < -0.39 is 0 Å². The molecular weight excluding hydrogens is 214 g/mol. The van der Waals surface area contributed by atoms with Gasteiger partial charge in [-0.05, 0) is 50.0 Å². The van der Waals surface area contributed by atoms with Gasteiger partial charge in [0.15, 0.2) is 0 Å². The predicted octanol–water partition coefficient (Wildman–Crippen LogP) is 2.87. The Bertz CT molecular complexity index is 241. The van der Waals surface area contributed by atoms with Crippen molar-refractivity contribution in [3.63, 3.8) is 0 Å². The van der Waals surface area contributed by atoms with Gasteiger partial charge in [0.2, 0.25) is 0 Å². The van der Waals surface area contributed by atoms with Gasteiger partial charge in [-0.25, -0.2) is 0 Å². The Kier molecular flexibility index (Phi) is 5.44. The summed E-state index contributed by atoms with van der Waals surface area (Å²) in [7, 11) is 0. The topological polar surface area (TPSA) is 52.3 Å². The van der Waals surface area contributed by atoms with Crippen LogP contribution in [0.4, 0.5) is 0 Å². The Labute approximate surface area is 105 Å². The molecule has 100 valence electrons. The Morgan fingerprint density at radius 3 is 2.41 bits per heavy atom. The average molecular weight is 241 g/mol. The monoisotopic (exact) mass is 241 g/mol. The van der Waals surface area contributed by atoms with E-state index in [0.717, 1.165) is 25.7 Å². The van der Waals surface area contributed by atoms with E-state index in [1.165, 1.54) is 6.42 Å². The standard InChI is InChI=1S/C14H27NO2/c1-14(2,3)11(9-10-15)7-8-13(16)17-12-5-4-6-12/h11-12H,4-10,15H2,1-3H3. The molecule has 0 aromatic heterocycles. The zero-order valence-electron chi connectivity index (χ0n) is 11.5. The number of hydrogen-bond acceptors (Lipinski definition) is 3. The maximum atomic E-state index is 11.6. The molecule has 0 amide bonds. The molecule has 0 spiro atoms. The zero-order chi connectivity index (χ0) is 12.9. The van der Waals surface area contributed by atoms with Gasteiger partial charge in [0, 0.05) is 6.42 Å². The summed E-state index contributed by atoms with van der Waals surface area (Å²) < 4.78 is 5.36. The van der Waals surface area contributed by atoms with Crippen LogP contribution in [0.5, 0.6) is 0 Å². The lowest BCUT2D eigenvalue weighted by atomic mass is 9.76. The van der Waals surface area contributed by atoms with Crippen molar-refractivity contribution < 1.29 is 9.53 Å². The molecule has 0 radical (unpaired) electrons. The second-order valence-electron chi connectivity index (χ2n) is 6.22. The minimum absolute atomic E-state index is 0.0269. The van der Waals surface area contributed by atoms with Gasteiger partial charge in [0.25, 0.3) is 0 Å². The molecule has 2 N–H and O–H groups in total. The summed E-state index contributed by atoms with van der Waals surface area (Å²) in [4.78, 5) is 11.6. The van der Waals surface area contributed by atoms with Crippen molar-refractivity contribution in [3.05, 3.63) is 0 Å². The quantitative estimate of drug-likeness (QED) is 0.727. The Morgan fingerprint density at radius 2 is 2.00 bits per heavy atom. The Morgan fingerprint density at radius 1 is 1.35 bits per heavy atom. The molecule has 0 heterocycles. The average Bonchev–Trinajstić information content (AvgIpc) is 2.16. The van der Waals surface area contributed by atoms with E-state index in [4.69, 9.17) is 10.5 Å². The maximum absolute atomic E-state index is 11.6. The lowest BCUT2D eigenvalue weighted by Gasteiger charge is -2.31. The lowest BCUT2D eigenvalue weighted by molar-refractivity contribution is -0.153. The summed E-state index contributed by atoms with van der Waals surface area (Å²) in [6.45, 7) is 7.33. The highest BCUT2D eigenvalue weighted by Gasteiger charge is 2.26. The fourth-order valence-electron chi connectivity index (χ4n) is 2.24. The largest absolute Gasteiger partial charge is 0.462 e. The van der Waals surface area contributed by atoms with Gasteiger partial charge in [-0.1, -0.05) is 20.8 Å². The van der Waals surface area contributed by atoms with Crippen LogP contribution in [0.2, 0.25) is 0 Å². The molecule has 0 aromatic rings. The number of carbonyl (C=O) groups is 1. The van der Waals surface area contributed by atoms with Gasteiger partial charge in [-0.3, -0.25) is 4.79 Å². The summed E-state index contributed by atoms with van der Waals surface area (Å²) in [5, 5.41) is 0. The molecule has 1 unspecified atom stereocenters. The number of rotatable bonds is 6. The molecule has 1 aliphatic rings. The number of hydrogen-bond donors (Lipinski definition) is 1. The van der Waals surface area contributed by atoms with Crippen molar-refractivity contribution in [2.24, 2.45) is 17.1 Å². The van der Waals surface area contributed by atoms with Crippen molar-refractivity contribution in [1.29, 1.82) is 0 Å². The highest BCUT2D eigenvalue weighted by atomic mass is 16.5. The third kappa shape index (κ3) is 5.07. The van der Waals surface area contributed by atoms with Crippen LogP contribution >= 0.6 is 0 Å². The van der Waals surface area contributed by atoms with E-state index >= 15 is 0 Å². The second-order valence-corrected chi connectivity index (χ2v) is 6.22. The number of ether oxygens (including phenoxy) is 1. The van der Waals surface area contributed by atoms with Gasteiger partial charge in [-0.2, -0.15) is 0 Å². The van der Waals surface area contributed by atoms with Gasteiger partial charge in [-0.15, -0.1) is 0 Å². The van der Waals surface area contributed by atoms with E-state index in [9.17, 15) is 4.79 Å². The van der Waals surface area contributed by atoms with E-state index in [1.807, 2.05) is 0 Å². The minimum Gasteiger partial charge on any atom is -0.462 e. The molecule has 1 atom stereocenters. The third-order valence-corrected chi connectivity index (χ3v) is 3.79. The van der Waals surface area contributed by atoms with Crippen LogP contribution in [0.25, 0.3) is 0 Å². The van der Waals surface area contributed by atoms with Crippen molar-refractivity contribution >= 4 is 5.97 Å². The van der Waals surface area contributed by atoms with Crippen LogP contribution < -0.4 is 5.73 Å². The van der Waals surface area contributed by atoms with E-state index in [0.29, 0.717) is 18.9 Å². The zero-order valence-corrected chi connectivity index (χ0v) is 11.5. The summed E-state index contributed by atoms with van der Waals surface area (Å²) in [5.74, 6) is 0.474. The van der Waals surface area contributed by atoms with E-state index in [-0.39, 0.29) is 17.5 Å². The molecule has 3 heteroatoms. The van der Waals surface area contributed by atoms with Gasteiger partial charge in [0.05, 0.1) is 0 Å². The van der Waals surface area contributed by atoms with Gasteiger partial charge in [0.1, 0.15) is 6.10 Å². The lowest BCUT2D eigenvalue weighted by Crippen LogP contribution is -2.27. The molecule has 0 aromatic carbocycles. The molecule has 1 rings (SSSR count). The molecule has 1 saturated carbocycles. The fourth-order valence-corrected chi connectivity index (χ4v) is 2.24. The molecule has 1 aliphatic carbocycles. The minimum atomic E-state index is -0.0269. The summed E-state index contributed by atoms with van der Waals surface area (Å²) in [5.41, 5.74) is 5.85. The van der Waals surface area contributed by atoms with Crippen LogP contribution in [-0.4, -0.2) is 18.6 Å². The summed E-state index contributed by atoms with van der Waals surface area (Å²) in [6.07, 6.45) is 5.94. The molecule has 0 saturated heterocycles. The normalized spacial score (nSPS) is 18.6. The van der Waals surface area contributed by atoms with Crippen LogP contribution in [0.3, 0.4) is 0 Å². The number of carbonyl (C=O) groups excluding carboxylic acids is 1. The summed E-state index contributed by atoms with van der Waals surface area (Å²) in [6, 6.07) is 0. The molecule has 17 heavy (non-hydrogen) atoms. The number of nitrogens with two attached hydrogens (primary N) is 1. The van der Waals surface area contributed by atoms with Crippen LogP contribution in [-0.2, 0) is 9.53 Å². The molecule has 0 bridgehead atoms. The fraction of sp³-hybridized carbons (Fsp3) is 0.929. The first-order valence-corrected chi connectivity index (χ1v) is 6.83. The SMILES string of the molecule is CC(C)(C)C(CCN)CCC(=O)OC1CCC1. The summed E-state index contributed by atoms with van der Waals surface area (Å²) >= 11 is 0. The number of esters is 1. The third-order valence-electron chi connectivity index (χ3n) is 3.79. The highest BCUT2D eigenvalue weighted by Crippen LogP contribution is 2.32. The molecular formula is C14H27NO2. The predicted molar refractivity (Wildman–Crippen MR) is 69.6 cm³/mol. The smallest absolute Gasteiger partial charge is 0.306 e. The molecule has 0 aliphatic heterocycles. The molecule has 3 nitrogen and oxygen atoms in total. The van der Waals surface area contributed by atoms with E-state index in [1.54, 1.807) is 0 Å². The highest BCUT2D eigenvalue weighted by molar-refractivity contribution is 5.69. The van der Waals surface area contributed by atoms with Crippen molar-refractivity contribution in [3.8, 4) is 0 Å². The Hall–Kier alpha value is -0.570. The first-order chi connectivity index (χ1) is 7.93. The van der Waals surface area contributed by atoms with E-state index in [2.05, 4.69) is 20.8 Å². The Balaban J connectivity index is 2.27. The molecule has 1 fully saturated rings. The van der Waals surface area contributed by atoms with Crippen molar-refractivity contribution in [2.45, 2.75) is 65.4 Å². The van der Waals surface area contributed by atoms with Crippen LogP contribution in [0, 0.1) is 11.3 Å². The first kappa shape index (κ1) is 14.5. The van der Waals surface area contributed by atoms with Crippen LogP contribution in [0.15, 0.2) is 0 Å². The van der Waals surface area contributed by atoms with Crippen LogP contribution in [0.1, 0.15) is 59.3 Å². The second kappa shape index (κ2) is 6.39. The van der Waals surface area contributed by atoms with Gasteiger partial charge < -0.3 is 10.5 Å². The van der Waals surface area contributed by atoms with Gasteiger partial charge >= 0.3 is 5.97 Å². The maximum Gasteiger partial charge on any atom is 0.306 e. The van der Waals surface area contributed by atoms with Crippen molar-refractivity contribution in [1.82, 2.24) is 0 Å². The van der Waals surface area contributed by atoms with Crippen molar-refractivity contribution in [2.75, 3.05) is 6.54 Å². The first-order valence-electron chi connectivity index (χ1n) is 6.83.